The van der Waals surface area contributed by atoms with Crippen molar-refractivity contribution >= 4 is 44.4 Å². The smallest absolute Gasteiger partial charge is 0.233 e. The maximum atomic E-state index is 11.4. The van der Waals surface area contributed by atoms with E-state index in [0.29, 0.717) is 9.88 Å². The highest BCUT2D eigenvalue weighted by atomic mass is 79.9. The molecule has 0 saturated heterocycles. The average Bonchev–Trinajstić information content (AvgIpc) is 2.84. The molecule has 0 unspecified atom stereocenters. The Hall–Kier alpha value is -0.720. The molecule has 1 N–H and O–H groups in total. The number of alkyl halides is 1. The second kappa shape index (κ2) is 4.42. The van der Waals surface area contributed by atoms with Crippen molar-refractivity contribution in [2.75, 3.05) is 5.33 Å². The van der Waals surface area contributed by atoms with Crippen molar-refractivity contribution in [3.8, 4) is 15.8 Å². The number of ketones is 1. The molecule has 6 heteroatoms. The number of carbonyl (C=O) groups excluding carboxylic acids is 1. The highest BCUT2D eigenvalue weighted by molar-refractivity contribution is 9.09. The predicted molar refractivity (Wildman–Crippen MR) is 65.2 cm³/mol. The van der Waals surface area contributed by atoms with Gasteiger partial charge in [0, 0.05) is 0 Å². The molecule has 0 radical (unpaired) electrons. The molecule has 0 atom stereocenters. The van der Waals surface area contributed by atoms with Crippen LogP contribution in [-0.4, -0.2) is 21.2 Å². The molecule has 0 saturated carbocycles. The van der Waals surface area contributed by atoms with Gasteiger partial charge in [0.1, 0.15) is 9.88 Å². The van der Waals surface area contributed by atoms with Crippen LogP contribution < -0.4 is 0 Å². The molecule has 2 rings (SSSR count). The summed E-state index contributed by atoms with van der Waals surface area (Å²) >= 11 is 5.82. The highest BCUT2D eigenvalue weighted by Crippen LogP contribution is 2.34. The Morgan fingerprint density at radius 2 is 2.40 bits per heavy atom. The van der Waals surface area contributed by atoms with Gasteiger partial charge in [-0.3, -0.25) is 4.79 Å². The molecule has 0 aliphatic heterocycles. The first-order valence-corrected chi connectivity index (χ1v) is 6.87. The summed E-state index contributed by atoms with van der Waals surface area (Å²) in [5.74, 6) is -0.319. The average molecular weight is 304 g/mol. The summed E-state index contributed by atoms with van der Waals surface area (Å²) < 4.78 is 0. The van der Waals surface area contributed by atoms with E-state index in [1.165, 1.54) is 22.7 Å². The number of hydrogen-bond acceptors (Lipinski definition) is 5. The fraction of sp³-hybridized carbons (Fsp3) is 0.111. The number of thiophene rings is 1. The summed E-state index contributed by atoms with van der Waals surface area (Å²) in [7, 11) is 0. The maximum absolute atomic E-state index is 11.4. The van der Waals surface area contributed by atoms with Crippen LogP contribution in [-0.2, 0) is 0 Å². The van der Waals surface area contributed by atoms with E-state index in [2.05, 4.69) is 20.9 Å². The lowest BCUT2D eigenvalue weighted by molar-refractivity contribution is 0.102. The van der Waals surface area contributed by atoms with Crippen molar-refractivity contribution in [1.82, 2.24) is 4.98 Å². The Labute approximate surface area is 103 Å². The Bertz CT molecular complexity index is 478. The monoisotopic (exact) mass is 303 g/mol. The zero-order valence-electron chi connectivity index (χ0n) is 7.44. The first kappa shape index (κ1) is 10.8. The minimum absolute atomic E-state index is 0.146. The topological polar surface area (TPSA) is 50.2 Å². The van der Waals surface area contributed by atoms with Crippen LogP contribution in [0.15, 0.2) is 17.5 Å². The number of hydrogen-bond donors (Lipinski definition) is 1. The lowest BCUT2D eigenvalue weighted by Gasteiger charge is -1.88. The summed E-state index contributed by atoms with van der Waals surface area (Å²) in [5.41, 5.74) is 0. The van der Waals surface area contributed by atoms with Crippen LogP contribution in [0.25, 0.3) is 9.88 Å². The number of halogens is 1. The van der Waals surface area contributed by atoms with Gasteiger partial charge in [0.05, 0.1) is 10.2 Å². The number of nitrogens with zero attached hydrogens (tertiary/aromatic N) is 1. The van der Waals surface area contributed by atoms with Gasteiger partial charge in [-0.25, -0.2) is 4.98 Å². The second-order valence-electron chi connectivity index (χ2n) is 2.71. The number of Topliss-reactive ketones (excluding diaryl/α,β-unsaturated/α-hetero) is 1. The van der Waals surface area contributed by atoms with Gasteiger partial charge in [0.25, 0.3) is 0 Å². The Kier molecular flexibility index (Phi) is 3.18. The molecule has 0 bridgehead atoms. The standard InChI is InChI=1S/C9H6BrNO2S2/c10-4-5(12)7-8(13)11-9(15-7)6-2-1-3-14-6/h1-3,13H,4H2. The normalized spacial score (nSPS) is 10.5. The van der Waals surface area contributed by atoms with E-state index in [4.69, 9.17) is 0 Å². The molecule has 15 heavy (non-hydrogen) atoms. The van der Waals surface area contributed by atoms with Crippen LogP contribution in [0.5, 0.6) is 5.88 Å². The van der Waals surface area contributed by atoms with Crippen LogP contribution in [0, 0.1) is 0 Å². The summed E-state index contributed by atoms with van der Waals surface area (Å²) in [6.45, 7) is 0. The van der Waals surface area contributed by atoms with Crippen LogP contribution in [0.4, 0.5) is 0 Å². The van der Waals surface area contributed by atoms with E-state index in [0.717, 1.165) is 4.88 Å². The van der Waals surface area contributed by atoms with E-state index in [1.54, 1.807) is 0 Å². The fourth-order valence-electron chi connectivity index (χ4n) is 1.06. The molecule has 0 aromatic carbocycles. The van der Waals surface area contributed by atoms with Gasteiger partial charge in [-0.15, -0.1) is 22.7 Å². The molecule has 0 amide bonds. The zero-order valence-corrected chi connectivity index (χ0v) is 10.7. The molecular formula is C9H6BrNO2S2. The van der Waals surface area contributed by atoms with E-state index in [9.17, 15) is 9.90 Å². The van der Waals surface area contributed by atoms with Crippen LogP contribution >= 0.6 is 38.6 Å². The maximum Gasteiger partial charge on any atom is 0.233 e. The third-order valence-corrected chi connectivity index (χ3v) is 4.35. The highest BCUT2D eigenvalue weighted by Gasteiger charge is 2.17. The quantitative estimate of drug-likeness (QED) is 0.700. The lowest BCUT2D eigenvalue weighted by Crippen LogP contribution is -1.96. The van der Waals surface area contributed by atoms with Crippen LogP contribution in [0.2, 0.25) is 0 Å². The van der Waals surface area contributed by atoms with Crippen LogP contribution in [0.1, 0.15) is 9.67 Å². The molecule has 0 spiro atoms. The SMILES string of the molecule is O=C(CBr)c1sc(-c2cccs2)nc1O. The number of rotatable bonds is 3. The van der Waals surface area contributed by atoms with E-state index < -0.39 is 0 Å². The van der Waals surface area contributed by atoms with Crippen molar-refractivity contribution in [3.63, 3.8) is 0 Å². The Balaban J connectivity index is 2.41. The summed E-state index contributed by atoms with van der Waals surface area (Å²) in [6, 6.07) is 3.82. The Morgan fingerprint density at radius 3 is 3.00 bits per heavy atom. The first-order chi connectivity index (χ1) is 7.22. The molecule has 2 aromatic rings. The van der Waals surface area contributed by atoms with Gasteiger partial charge in [0.15, 0.2) is 5.78 Å². The Morgan fingerprint density at radius 1 is 1.60 bits per heavy atom. The van der Waals surface area contributed by atoms with Crippen molar-refractivity contribution < 1.29 is 9.90 Å². The molecule has 2 aromatic heterocycles. The van der Waals surface area contributed by atoms with E-state index >= 15 is 0 Å². The molecular weight excluding hydrogens is 298 g/mol. The zero-order chi connectivity index (χ0) is 10.8. The molecule has 3 nitrogen and oxygen atoms in total. The largest absolute Gasteiger partial charge is 0.492 e. The van der Waals surface area contributed by atoms with Gasteiger partial charge in [0.2, 0.25) is 5.88 Å². The third-order valence-electron chi connectivity index (χ3n) is 1.72. The van der Waals surface area contributed by atoms with Crippen molar-refractivity contribution in [3.05, 3.63) is 22.4 Å². The van der Waals surface area contributed by atoms with Gasteiger partial charge < -0.3 is 5.11 Å². The van der Waals surface area contributed by atoms with Crippen LogP contribution in [0.3, 0.4) is 0 Å². The van der Waals surface area contributed by atoms with Gasteiger partial charge >= 0.3 is 0 Å². The van der Waals surface area contributed by atoms with Gasteiger partial charge in [-0.1, -0.05) is 22.0 Å². The van der Waals surface area contributed by atoms with Gasteiger partial charge in [-0.05, 0) is 11.4 Å². The molecule has 78 valence electrons. The molecule has 2 heterocycles. The van der Waals surface area contributed by atoms with Crippen molar-refractivity contribution in [2.45, 2.75) is 0 Å². The minimum atomic E-state index is -0.173. The fourth-order valence-corrected chi connectivity index (χ4v) is 3.22. The summed E-state index contributed by atoms with van der Waals surface area (Å²) in [6.07, 6.45) is 0. The first-order valence-electron chi connectivity index (χ1n) is 4.05. The second-order valence-corrected chi connectivity index (χ2v) is 5.21. The number of aromatic nitrogens is 1. The summed E-state index contributed by atoms with van der Waals surface area (Å²) in [5, 5.41) is 12.3. The predicted octanol–water partition coefficient (Wildman–Crippen LogP) is 3.15. The third kappa shape index (κ3) is 2.11. The molecule has 0 aliphatic carbocycles. The van der Waals surface area contributed by atoms with E-state index in [-0.39, 0.29) is 17.0 Å². The van der Waals surface area contributed by atoms with Gasteiger partial charge in [-0.2, -0.15) is 0 Å². The number of thiazole rings is 1. The van der Waals surface area contributed by atoms with Crippen molar-refractivity contribution in [2.24, 2.45) is 0 Å². The molecule has 0 fully saturated rings. The number of aromatic hydroxyl groups is 1. The molecule has 0 aliphatic rings. The summed E-state index contributed by atoms with van der Waals surface area (Å²) in [4.78, 5) is 16.6. The lowest BCUT2D eigenvalue weighted by atomic mass is 10.4. The van der Waals surface area contributed by atoms with E-state index in [1.807, 2.05) is 17.5 Å². The van der Waals surface area contributed by atoms with Crippen molar-refractivity contribution in [1.29, 1.82) is 0 Å². The minimum Gasteiger partial charge on any atom is -0.492 e. The number of carbonyl (C=O) groups is 1.